The second kappa shape index (κ2) is 5.71. The van der Waals surface area contributed by atoms with Gasteiger partial charge in [-0.25, -0.2) is 4.98 Å². The molecule has 0 unspecified atom stereocenters. The quantitative estimate of drug-likeness (QED) is 0.906. The molecule has 2 aliphatic heterocycles. The first-order chi connectivity index (χ1) is 10.2. The highest BCUT2D eigenvalue weighted by molar-refractivity contribution is 5.99. The predicted octanol–water partition coefficient (Wildman–Crippen LogP) is 1.23. The molecule has 2 aliphatic rings. The van der Waals surface area contributed by atoms with Gasteiger partial charge in [0.1, 0.15) is 5.82 Å². The van der Waals surface area contributed by atoms with E-state index in [-0.39, 0.29) is 5.91 Å². The second-order valence-corrected chi connectivity index (χ2v) is 5.64. The van der Waals surface area contributed by atoms with Crippen LogP contribution >= 0.6 is 0 Å². The van der Waals surface area contributed by atoms with Crippen LogP contribution in [0.25, 0.3) is 0 Å². The number of hydrogen-bond acceptors (Lipinski definition) is 4. The van der Waals surface area contributed by atoms with E-state index in [0.717, 1.165) is 31.7 Å². The number of carboxylic acid groups (broad SMARTS) is 1. The number of pyridine rings is 1. The van der Waals surface area contributed by atoms with Gasteiger partial charge >= 0.3 is 5.97 Å². The van der Waals surface area contributed by atoms with E-state index in [4.69, 9.17) is 5.11 Å². The number of carbonyl (C=O) groups is 2. The van der Waals surface area contributed by atoms with Gasteiger partial charge < -0.3 is 14.9 Å². The number of hydrogen-bond donors (Lipinski definition) is 1. The predicted molar refractivity (Wildman–Crippen MR) is 77.3 cm³/mol. The van der Waals surface area contributed by atoms with E-state index in [1.54, 1.807) is 23.2 Å². The Bertz CT molecular complexity index is 555. The summed E-state index contributed by atoms with van der Waals surface area (Å²) in [6.07, 6.45) is 4.47. The van der Waals surface area contributed by atoms with Crippen molar-refractivity contribution in [2.75, 3.05) is 31.1 Å². The molecule has 0 aromatic carbocycles. The number of rotatable bonds is 3. The Morgan fingerprint density at radius 1 is 1.24 bits per heavy atom. The molecule has 21 heavy (non-hydrogen) atoms. The molecule has 1 aromatic heterocycles. The van der Waals surface area contributed by atoms with Crippen molar-refractivity contribution in [2.45, 2.75) is 19.3 Å². The summed E-state index contributed by atoms with van der Waals surface area (Å²) in [6.45, 7) is 2.65. The van der Waals surface area contributed by atoms with E-state index in [0.29, 0.717) is 25.1 Å². The summed E-state index contributed by atoms with van der Waals surface area (Å²) in [5.74, 6) is -0.635. The van der Waals surface area contributed by atoms with Gasteiger partial charge in [0.05, 0.1) is 11.5 Å². The van der Waals surface area contributed by atoms with Crippen LogP contribution in [0.1, 0.15) is 29.6 Å². The van der Waals surface area contributed by atoms with Crippen molar-refractivity contribution in [3.63, 3.8) is 0 Å². The van der Waals surface area contributed by atoms with Crippen LogP contribution in [-0.4, -0.2) is 53.0 Å². The molecule has 2 saturated heterocycles. The van der Waals surface area contributed by atoms with Crippen LogP contribution in [0.4, 0.5) is 5.82 Å². The largest absolute Gasteiger partial charge is 0.481 e. The molecule has 6 heteroatoms. The Balaban J connectivity index is 1.80. The Kier molecular flexibility index (Phi) is 3.77. The van der Waals surface area contributed by atoms with Gasteiger partial charge in [-0.3, -0.25) is 9.59 Å². The van der Waals surface area contributed by atoms with Crippen molar-refractivity contribution in [1.82, 2.24) is 9.88 Å². The van der Waals surface area contributed by atoms with E-state index in [1.807, 2.05) is 0 Å². The minimum atomic E-state index is -0.823. The van der Waals surface area contributed by atoms with Gasteiger partial charge in [0, 0.05) is 32.4 Å². The maximum atomic E-state index is 12.7. The molecule has 1 N–H and O–H groups in total. The average Bonchev–Trinajstić information content (AvgIpc) is 3.18. The summed E-state index contributed by atoms with van der Waals surface area (Å²) in [6, 6.07) is 3.55. The first kappa shape index (κ1) is 13.9. The number of aromatic nitrogens is 1. The monoisotopic (exact) mass is 289 g/mol. The number of anilines is 1. The summed E-state index contributed by atoms with van der Waals surface area (Å²) in [7, 11) is 0. The minimum absolute atomic E-state index is 0.103. The lowest BCUT2D eigenvalue weighted by atomic mass is 10.1. The van der Waals surface area contributed by atoms with Crippen molar-refractivity contribution in [1.29, 1.82) is 0 Å². The van der Waals surface area contributed by atoms with E-state index in [1.165, 1.54) is 0 Å². The SMILES string of the molecule is O=C(O)[C@@H]1CCN(C(=O)c2cccnc2N2CCCC2)C1. The number of likely N-dealkylation sites (tertiary alicyclic amines) is 1. The molecule has 3 rings (SSSR count). The molecule has 0 spiro atoms. The maximum absolute atomic E-state index is 12.7. The van der Waals surface area contributed by atoms with Crippen molar-refractivity contribution in [3.05, 3.63) is 23.9 Å². The number of nitrogens with zero attached hydrogens (tertiary/aromatic N) is 3. The molecule has 0 radical (unpaired) electrons. The first-order valence-corrected chi connectivity index (χ1v) is 7.39. The van der Waals surface area contributed by atoms with E-state index in [9.17, 15) is 9.59 Å². The molecule has 3 heterocycles. The zero-order valence-corrected chi connectivity index (χ0v) is 11.9. The van der Waals surface area contributed by atoms with Crippen LogP contribution in [0.5, 0.6) is 0 Å². The van der Waals surface area contributed by atoms with Gasteiger partial charge in [-0.05, 0) is 31.4 Å². The third-order valence-electron chi connectivity index (χ3n) is 4.25. The Morgan fingerprint density at radius 2 is 2.00 bits per heavy atom. The van der Waals surface area contributed by atoms with Gasteiger partial charge in [0.2, 0.25) is 0 Å². The lowest BCUT2D eigenvalue weighted by molar-refractivity contribution is -0.141. The second-order valence-electron chi connectivity index (χ2n) is 5.64. The summed E-state index contributed by atoms with van der Waals surface area (Å²) in [4.78, 5) is 31.8. The molecule has 112 valence electrons. The summed E-state index contributed by atoms with van der Waals surface area (Å²) >= 11 is 0. The molecule has 0 bridgehead atoms. The fourth-order valence-electron chi connectivity index (χ4n) is 3.06. The van der Waals surface area contributed by atoms with Gasteiger partial charge in [-0.1, -0.05) is 0 Å². The molecular formula is C15H19N3O3. The highest BCUT2D eigenvalue weighted by Crippen LogP contribution is 2.25. The van der Waals surface area contributed by atoms with Crippen LogP contribution in [0.3, 0.4) is 0 Å². The maximum Gasteiger partial charge on any atom is 0.308 e. The van der Waals surface area contributed by atoms with Gasteiger partial charge in [0.15, 0.2) is 0 Å². The van der Waals surface area contributed by atoms with Crippen LogP contribution in [-0.2, 0) is 4.79 Å². The summed E-state index contributed by atoms with van der Waals surface area (Å²) in [5.41, 5.74) is 0.588. The minimum Gasteiger partial charge on any atom is -0.481 e. The van der Waals surface area contributed by atoms with Crippen LogP contribution < -0.4 is 4.90 Å². The molecule has 1 aromatic rings. The van der Waals surface area contributed by atoms with Crippen molar-refractivity contribution in [2.24, 2.45) is 5.92 Å². The highest BCUT2D eigenvalue weighted by Gasteiger charge is 2.33. The summed E-state index contributed by atoms with van der Waals surface area (Å²) < 4.78 is 0. The number of amides is 1. The number of aliphatic carboxylic acids is 1. The van der Waals surface area contributed by atoms with Gasteiger partial charge in [-0.2, -0.15) is 0 Å². The average molecular weight is 289 g/mol. The topological polar surface area (TPSA) is 73.7 Å². The van der Waals surface area contributed by atoms with Crippen LogP contribution in [0.15, 0.2) is 18.3 Å². The van der Waals surface area contributed by atoms with Gasteiger partial charge in [0.25, 0.3) is 5.91 Å². The molecule has 0 aliphatic carbocycles. The smallest absolute Gasteiger partial charge is 0.308 e. The number of carbonyl (C=O) groups excluding carboxylic acids is 1. The fourth-order valence-corrected chi connectivity index (χ4v) is 3.06. The van der Waals surface area contributed by atoms with E-state index >= 15 is 0 Å². The van der Waals surface area contributed by atoms with Crippen LogP contribution in [0, 0.1) is 5.92 Å². The Labute approximate surface area is 123 Å². The molecule has 6 nitrogen and oxygen atoms in total. The zero-order chi connectivity index (χ0) is 14.8. The Hall–Kier alpha value is -2.11. The van der Waals surface area contributed by atoms with Crippen molar-refractivity contribution >= 4 is 17.7 Å². The third kappa shape index (κ3) is 2.70. The lowest BCUT2D eigenvalue weighted by Gasteiger charge is -2.22. The van der Waals surface area contributed by atoms with E-state index < -0.39 is 11.9 Å². The van der Waals surface area contributed by atoms with Gasteiger partial charge in [-0.15, -0.1) is 0 Å². The highest BCUT2D eigenvalue weighted by atomic mass is 16.4. The normalized spacial score (nSPS) is 21.8. The number of carboxylic acids is 1. The summed E-state index contributed by atoms with van der Waals surface area (Å²) in [5, 5.41) is 9.05. The Morgan fingerprint density at radius 3 is 2.67 bits per heavy atom. The fraction of sp³-hybridized carbons (Fsp3) is 0.533. The van der Waals surface area contributed by atoms with Crippen molar-refractivity contribution in [3.8, 4) is 0 Å². The third-order valence-corrected chi connectivity index (χ3v) is 4.25. The molecule has 2 fully saturated rings. The molecule has 1 atom stereocenters. The zero-order valence-electron chi connectivity index (χ0n) is 11.9. The van der Waals surface area contributed by atoms with Crippen molar-refractivity contribution < 1.29 is 14.7 Å². The lowest BCUT2D eigenvalue weighted by Crippen LogP contribution is -2.32. The van der Waals surface area contributed by atoms with Crippen LogP contribution in [0.2, 0.25) is 0 Å². The molecule has 0 saturated carbocycles. The van der Waals surface area contributed by atoms with E-state index in [2.05, 4.69) is 9.88 Å². The molecule has 1 amide bonds. The standard InChI is InChI=1S/C15H19N3O3/c19-14(18-9-5-11(10-18)15(20)21)12-4-3-6-16-13(12)17-7-1-2-8-17/h3-4,6,11H,1-2,5,7-10H2,(H,20,21)/t11-/m1/s1. The molecular weight excluding hydrogens is 270 g/mol. The first-order valence-electron chi connectivity index (χ1n) is 7.39.